The van der Waals surface area contributed by atoms with Crippen LogP contribution in [0.1, 0.15) is 31.2 Å². The van der Waals surface area contributed by atoms with E-state index in [9.17, 15) is 18.3 Å². The highest BCUT2D eigenvalue weighted by Gasteiger charge is 2.27. The lowest BCUT2D eigenvalue weighted by atomic mass is 10.2. The fraction of sp³-hybridized carbons (Fsp3) is 0.438. The van der Waals surface area contributed by atoms with Crippen molar-refractivity contribution in [1.82, 2.24) is 4.72 Å². The molecular weight excluding hydrogens is 334 g/mol. The van der Waals surface area contributed by atoms with E-state index in [1.165, 1.54) is 32.4 Å². The first-order valence-corrected chi connectivity index (χ1v) is 9.03. The molecule has 8 heteroatoms. The zero-order valence-corrected chi connectivity index (χ0v) is 14.4. The topological polar surface area (TPSA) is 105 Å². The Kier molecular flexibility index (Phi) is 5.84. The molecule has 7 nitrogen and oxygen atoms in total. The Hall–Kier alpha value is -2.06. The lowest BCUT2D eigenvalue weighted by molar-refractivity contribution is -0.297. The van der Waals surface area contributed by atoms with Crippen LogP contribution in [-0.2, 0) is 14.8 Å². The molecule has 0 amide bonds. The number of sulfonamides is 1. The third-order valence-corrected chi connectivity index (χ3v) is 5.37. The highest BCUT2D eigenvalue weighted by Crippen LogP contribution is 2.36. The average Bonchev–Trinajstić information content (AvgIpc) is 3.03. The number of carbonyl (C=O) groups excluding carboxylic acids is 1. The van der Waals surface area contributed by atoms with Gasteiger partial charge >= 0.3 is 0 Å². The molecule has 1 saturated carbocycles. The Morgan fingerprint density at radius 3 is 2.46 bits per heavy atom. The fourth-order valence-electron chi connectivity index (χ4n) is 2.74. The van der Waals surface area contributed by atoms with Crippen molar-refractivity contribution >= 4 is 22.1 Å². The van der Waals surface area contributed by atoms with Crippen LogP contribution < -0.4 is 19.3 Å². The van der Waals surface area contributed by atoms with Crippen molar-refractivity contribution in [1.29, 1.82) is 0 Å². The molecule has 1 aliphatic carbocycles. The number of rotatable bonds is 7. The molecule has 132 valence electrons. The van der Waals surface area contributed by atoms with Crippen molar-refractivity contribution in [2.24, 2.45) is 0 Å². The van der Waals surface area contributed by atoms with Gasteiger partial charge in [0, 0.05) is 6.04 Å². The molecule has 1 aromatic carbocycles. The van der Waals surface area contributed by atoms with Crippen molar-refractivity contribution in [2.75, 3.05) is 14.2 Å². The predicted molar refractivity (Wildman–Crippen MR) is 86.2 cm³/mol. The summed E-state index contributed by atoms with van der Waals surface area (Å²) in [7, 11) is -1.10. The molecule has 0 spiro atoms. The Balaban J connectivity index is 2.48. The van der Waals surface area contributed by atoms with Gasteiger partial charge in [0.1, 0.15) is 4.90 Å². The molecule has 0 atom stereocenters. The summed E-state index contributed by atoms with van der Waals surface area (Å²) in [5.74, 6) is -1.10. The van der Waals surface area contributed by atoms with Crippen LogP contribution in [0.4, 0.5) is 0 Å². The van der Waals surface area contributed by atoms with E-state index < -0.39 is 16.0 Å². The van der Waals surface area contributed by atoms with Crippen molar-refractivity contribution in [3.05, 3.63) is 23.8 Å². The molecule has 0 unspecified atom stereocenters. The Morgan fingerprint density at radius 2 is 1.92 bits per heavy atom. The molecule has 0 heterocycles. The number of carboxylic acids is 1. The monoisotopic (exact) mass is 354 g/mol. The molecule has 2 rings (SSSR count). The number of ether oxygens (including phenoxy) is 2. The van der Waals surface area contributed by atoms with Gasteiger partial charge in [-0.2, -0.15) is 0 Å². The number of hydrogen-bond acceptors (Lipinski definition) is 6. The minimum Gasteiger partial charge on any atom is -0.545 e. The minimum absolute atomic E-state index is 0.0774. The van der Waals surface area contributed by atoms with E-state index >= 15 is 0 Å². The van der Waals surface area contributed by atoms with E-state index in [2.05, 4.69) is 4.72 Å². The highest BCUT2D eigenvalue weighted by molar-refractivity contribution is 7.89. The van der Waals surface area contributed by atoms with E-state index in [0.717, 1.165) is 31.8 Å². The van der Waals surface area contributed by atoms with E-state index in [-0.39, 0.29) is 22.4 Å². The van der Waals surface area contributed by atoms with Crippen LogP contribution in [0.5, 0.6) is 11.5 Å². The number of benzene rings is 1. The SMILES string of the molecule is COc1cc(/C=C/C(=O)[O-])cc(S(=O)(=O)NC2CCCC2)c1OC. The smallest absolute Gasteiger partial charge is 0.244 e. The lowest BCUT2D eigenvalue weighted by Gasteiger charge is -2.17. The standard InChI is InChI=1S/C16H21NO6S/c1-22-13-9-11(7-8-15(18)19)10-14(16(13)23-2)24(20,21)17-12-5-3-4-6-12/h7-10,12,17H,3-6H2,1-2H3,(H,18,19)/p-1/b8-7+. The van der Waals surface area contributed by atoms with Gasteiger partial charge in [-0.05, 0) is 36.6 Å². The van der Waals surface area contributed by atoms with Crippen LogP contribution in [0.3, 0.4) is 0 Å². The maximum Gasteiger partial charge on any atom is 0.244 e. The summed E-state index contributed by atoms with van der Waals surface area (Å²) < 4.78 is 38.5. The molecule has 0 bridgehead atoms. The third kappa shape index (κ3) is 4.27. The summed E-state index contributed by atoms with van der Waals surface area (Å²) >= 11 is 0. The minimum atomic E-state index is -3.83. The summed E-state index contributed by atoms with van der Waals surface area (Å²) in [5.41, 5.74) is 0.351. The largest absolute Gasteiger partial charge is 0.545 e. The number of nitrogens with one attached hydrogen (secondary N) is 1. The van der Waals surface area contributed by atoms with Crippen LogP contribution >= 0.6 is 0 Å². The summed E-state index contributed by atoms with van der Waals surface area (Å²) in [4.78, 5) is 10.5. The summed E-state index contributed by atoms with van der Waals surface area (Å²) in [6.45, 7) is 0. The van der Waals surface area contributed by atoms with Crippen LogP contribution in [0.25, 0.3) is 6.08 Å². The second-order valence-electron chi connectivity index (χ2n) is 5.51. The second-order valence-corrected chi connectivity index (χ2v) is 7.19. The first kappa shape index (κ1) is 18.3. The third-order valence-electron chi connectivity index (χ3n) is 3.85. The molecule has 1 fully saturated rings. The van der Waals surface area contributed by atoms with Crippen LogP contribution in [0.15, 0.2) is 23.1 Å². The van der Waals surface area contributed by atoms with Gasteiger partial charge in [-0.3, -0.25) is 0 Å². The van der Waals surface area contributed by atoms with Gasteiger partial charge < -0.3 is 19.4 Å². The van der Waals surface area contributed by atoms with Crippen molar-refractivity contribution in [2.45, 2.75) is 36.6 Å². The van der Waals surface area contributed by atoms with E-state index in [0.29, 0.717) is 5.56 Å². The molecule has 0 aromatic heterocycles. The number of aliphatic carboxylic acids is 1. The van der Waals surface area contributed by atoms with Crippen molar-refractivity contribution in [3.63, 3.8) is 0 Å². The number of hydrogen-bond donors (Lipinski definition) is 1. The Bertz CT molecular complexity index is 735. The quantitative estimate of drug-likeness (QED) is 0.722. The number of methoxy groups -OCH3 is 2. The first-order chi connectivity index (χ1) is 11.4. The number of carbonyl (C=O) groups is 1. The molecule has 0 aliphatic heterocycles. The second kappa shape index (κ2) is 7.67. The molecule has 24 heavy (non-hydrogen) atoms. The maximum absolute atomic E-state index is 12.7. The number of carboxylic acid groups (broad SMARTS) is 1. The molecule has 1 aromatic rings. The average molecular weight is 354 g/mol. The van der Waals surface area contributed by atoms with Crippen molar-refractivity contribution < 1.29 is 27.8 Å². The molecular formula is C16H20NO6S-. The molecule has 1 N–H and O–H groups in total. The van der Waals surface area contributed by atoms with Gasteiger partial charge in [-0.25, -0.2) is 13.1 Å². The Labute approximate surface area is 141 Å². The van der Waals surface area contributed by atoms with Gasteiger partial charge in [-0.1, -0.05) is 18.9 Å². The molecule has 0 radical (unpaired) electrons. The van der Waals surface area contributed by atoms with Gasteiger partial charge in [0.15, 0.2) is 11.5 Å². The predicted octanol–water partition coefficient (Wildman–Crippen LogP) is 0.688. The van der Waals surface area contributed by atoms with Crippen LogP contribution in [0, 0.1) is 0 Å². The van der Waals surface area contributed by atoms with Crippen LogP contribution in [-0.4, -0.2) is 34.6 Å². The lowest BCUT2D eigenvalue weighted by Crippen LogP contribution is -2.33. The van der Waals surface area contributed by atoms with Crippen molar-refractivity contribution in [3.8, 4) is 11.5 Å². The maximum atomic E-state index is 12.7. The van der Waals surface area contributed by atoms with E-state index in [4.69, 9.17) is 9.47 Å². The van der Waals surface area contributed by atoms with Crippen LogP contribution in [0.2, 0.25) is 0 Å². The van der Waals surface area contributed by atoms with Gasteiger partial charge in [0.05, 0.1) is 20.2 Å². The van der Waals surface area contributed by atoms with Gasteiger partial charge in [-0.15, -0.1) is 0 Å². The fourth-order valence-corrected chi connectivity index (χ4v) is 4.26. The highest BCUT2D eigenvalue weighted by atomic mass is 32.2. The molecule has 1 aliphatic rings. The first-order valence-electron chi connectivity index (χ1n) is 7.55. The normalized spacial score (nSPS) is 15.8. The Morgan fingerprint density at radius 1 is 1.25 bits per heavy atom. The zero-order valence-electron chi connectivity index (χ0n) is 13.6. The zero-order chi connectivity index (χ0) is 17.7. The summed E-state index contributed by atoms with van der Waals surface area (Å²) in [6.07, 6.45) is 5.63. The van der Waals surface area contributed by atoms with E-state index in [1.54, 1.807) is 0 Å². The summed E-state index contributed by atoms with van der Waals surface area (Å²) in [5, 5.41) is 10.6. The summed E-state index contributed by atoms with van der Waals surface area (Å²) in [6, 6.07) is 2.73. The molecule has 0 saturated heterocycles. The van der Waals surface area contributed by atoms with E-state index in [1.807, 2.05) is 0 Å². The van der Waals surface area contributed by atoms with Gasteiger partial charge in [0.2, 0.25) is 10.0 Å². The van der Waals surface area contributed by atoms with Gasteiger partial charge in [0.25, 0.3) is 0 Å².